The number of sulfonamides is 1. The third-order valence-electron chi connectivity index (χ3n) is 2.52. The zero-order valence-electron chi connectivity index (χ0n) is 10.9. The van der Waals surface area contributed by atoms with Gasteiger partial charge in [0.15, 0.2) is 5.76 Å². The number of rotatable bonds is 7. The van der Waals surface area contributed by atoms with E-state index in [1.165, 1.54) is 0 Å². The van der Waals surface area contributed by atoms with Gasteiger partial charge in [0, 0.05) is 13.0 Å². The summed E-state index contributed by atoms with van der Waals surface area (Å²) in [5, 5.41) is 14.8. The summed E-state index contributed by atoms with van der Waals surface area (Å²) in [6.45, 7) is 3.39. The fourth-order valence-corrected chi connectivity index (χ4v) is 3.02. The number of unbranched alkanes of at least 4 members (excludes halogenated alkanes) is 1. The number of nitrogens with one attached hydrogen (secondary N) is 1. The van der Waals surface area contributed by atoms with E-state index >= 15 is 0 Å². The van der Waals surface area contributed by atoms with Gasteiger partial charge in [0.05, 0.1) is 0 Å². The van der Waals surface area contributed by atoms with Crippen molar-refractivity contribution in [2.45, 2.75) is 38.0 Å². The normalized spacial score (nSPS) is 12.8. The average Bonchev–Trinajstić information content (AvgIpc) is 2.68. The standard InChI is InChI=1S/C10H18N4O4S/c1-7-10(8(2)18-14-7)19(16,17)12-6-4-3-5-9(11)13-15/h12,15H,3-6H2,1-2H3,(H2,11,13). The quantitative estimate of drug-likeness (QED) is 0.220. The lowest BCUT2D eigenvalue weighted by atomic mass is 10.2. The van der Waals surface area contributed by atoms with Gasteiger partial charge in [-0.3, -0.25) is 0 Å². The maximum Gasteiger partial charge on any atom is 0.245 e. The summed E-state index contributed by atoms with van der Waals surface area (Å²) >= 11 is 0. The van der Waals surface area contributed by atoms with Crippen molar-refractivity contribution in [2.75, 3.05) is 6.54 Å². The second-order valence-corrected chi connectivity index (χ2v) is 5.80. The molecule has 9 heteroatoms. The zero-order valence-corrected chi connectivity index (χ0v) is 11.7. The Morgan fingerprint density at radius 3 is 2.68 bits per heavy atom. The van der Waals surface area contributed by atoms with E-state index in [9.17, 15) is 8.42 Å². The Labute approximate surface area is 111 Å². The number of hydrogen-bond donors (Lipinski definition) is 3. The zero-order chi connectivity index (χ0) is 14.5. The van der Waals surface area contributed by atoms with Crippen LogP contribution in [0.4, 0.5) is 0 Å². The van der Waals surface area contributed by atoms with Crippen LogP contribution in [0, 0.1) is 13.8 Å². The lowest BCUT2D eigenvalue weighted by molar-refractivity contribution is 0.316. The number of oxime groups is 1. The predicted octanol–water partition coefficient (Wildman–Crippen LogP) is 0.486. The van der Waals surface area contributed by atoms with E-state index in [4.69, 9.17) is 15.5 Å². The van der Waals surface area contributed by atoms with Gasteiger partial charge in [0.2, 0.25) is 10.0 Å². The minimum atomic E-state index is -3.60. The smallest absolute Gasteiger partial charge is 0.245 e. The molecule has 0 amide bonds. The van der Waals surface area contributed by atoms with Gasteiger partial charge in [-0.05, 0) is 26.7 Å². The van der Waals surface area contributed by atoms with Crippen LogP contribution >= 0.6 is 0 Å². The topological polar surface area (TPSA) is 131 Å². The molecule has 0 unspecified atom stereocenters. The van der Waals surface area contributed by atoms with E-state index in [1.54, 1.807) is 13.8 Å². The number of nitrogens with two attached hydrogens (primary N) is 1. The van der Waals surface area contributed by atoms with Crippen molar-refractivity contribution < 1.29 is 18.1 Å². The fourth-order valence-electron chi connectivity index (χ4n) is 1.62. The summed E-state index contributed by atoms with van der Waals surface area (Å²) in [7, 11) is -3.60. The number of aryl methyl sites for hydroxylation is 2. The number of hydrogen-bond acceptors (Lipinski definition) is 6. The molecule has 0 aromatic carbocycles. The van der Waals surface area contributed by atoms with Gasteiger partial charge in [-0.25, -0.2) is 13.1 Å². The first-order valence-corrected chi connectivity index (χ1v) is 7.25. The maximum absolute atomic E-state index is 12.0. The molecule has 0 atom stereocenters. The van der Waals surface area contributed by atoms with Gasteiger partial charge < -0.3 is 15.5 Å². The molecule has 0 fully saturated rings. The van der Waals surface area contributed by atoms with Crippen molar-refractivity contribution in [1.29, 1.82) is 0 Å². The second kappa shape index (κ2) is 6.53. The molecule has 19 heavy (non-hydrogen) atoms. The molecule has 0 radical (unpaired) electrons. The largest absolute Gasteiger partial charge is 0.409 e. The Kier molecular flexibility index (Phi) is 5.31. The monoisotopic (exact) mass is 290 g/mol. The van der Waals surface area contributed by atoms with Gasteiger partial charge in [0.25, 0.3) is 0 Å². The van der Waals surface area contributed by atoms with Gasteiger partial charge >= 0.3 is 0 Å². The highest BCUT2D eigenvalue weighted by Crippen LogP contribution is 2.18. The molecule has 8 nitrogen and oxygen atoms in total. The summed E-state index contributed by atoms with van der Waals surface area (Å²) in [6.07, 6.45) is 1.63. The van der Waals surface area contributed by atoms with Crippen LogP contribution < -0.4 is 10.5 Å². The van der Waals surface area contributed by atoms with Crippen LogP contribution in [0.2, 0.25) is 0 Å². The Hall–Kier alpha value is -1.61. The van der Waals surface area contributed by atoms with Crippen molar-refractivity contribution in [3.05, 3.63) is 11.5 Å². The average molecular weight is 290 g/mol. The maximum atomic E-state index is 12.0. The highest BCUT2D eigenvalue weighted by Gasteiger charge is 2.23. The van der Waals surface area contributed by atoms with Crippen molar-refractivity contribution in [3.63, 3.8) is 0 Å². The number of nitrogens with zero attached hydrogens (tertiary/aromatic N) is 2. The molecule has 0 saturated heterocycles. The molecule has 108 valence electrons. The molecule has 1 heterocycles. The van der Waals surface area contributed by atoms with E-state index in [1.807, 2.05) is 0 Å². The van der Waals surface area contributed by atoms with Gasteiger partial charge in [-0.1, -0.05) is 10.3 Å². The first-order valence-electron chi connectivity index (χ1n) is 5.77. The molecular formula is C10H18N4O4S. The number of aromatic nitrogens is 1. The van der Waals surface area contributed by atoms with Crippen LogP contribution in [-0.2, 0) is 10.0 Å². The van der Waals surface area contributed by atoms with Crippen LogP contribution in [-0.4, -0.2) is 31.2 Å². The summed E-state index contributed by atoms with van der Waals surface area (Å²) in [4.78, 5) is 0.0870. The molecule has 0 aliphatic carbocycles. The minimum absolute atomic E-state index is 0.0870. The van der Waals surface area contributed by atoms with E-state index in [0.717, 1.165) is 0 Å². The predicted molar refractivity (Wildman–Crippen MR) is 68.4 cm³/mol. The van der Waals surface area contributed by atoms with E-state index in [-0.39, 0.29) is 23.0 Å². The van der Waals surface area contributed by atoms with Crippen LogP contribution in [0.25, 0.3) is 0 Å². The SMILES string of the molecule is Cc1noc(C)c1S(=O)(=O)NCCCCC(N)=NO. The van der Waals surface area contributed by atoms with E-state index < -0.39 is 10.0 Å². The molecule has 0 spiro atoms. The molecule has 0 aliphatic heterocycles. The van der Waals surface area contributed by atoms with Crippen LogP contribution in [0.3, 0.4) is 0 Å². The first kappa shape index (κ1) is 15.4. The fraction of sp³-hybridized carbons (Fsp3) is 0.600. The van der Waals surface area contributed by atoms with E-state index in [0.29, 0.717) is 25.0 Å². The summed E-state index contributed by atoms with van der Waals surface area (Å²) in [6, 6.07) is 0. The third kappa shape index (κ3) is 4.21. The molecule has 0 bridgehead atoms. The van der Waals surface area contributed by atoms with Crippen molar-refractivity contribution in [1.82, 2.24) is 9.88 Å². The Balaban J connectivity index is 2.49. The van der Waals surface area contributed by atoms with Gasteiger partial charge in [-0.2, -0.15) is 0 Å². The highest BCUT2D eigenvalue weighted by atomic mass is 32.2. The Morgan fingerprint density at radius 2 is 2.16 bits per heavy atom. The summed E-state index contributed by atoms with van der Waals surface area (Å²) < 4.78 is 31.3. The third-order valence-corrected chi connectivity index (χ3v) is 4.22. The van der Waals surface area contributed by atoms with Crippen LogP contribution in [0.5, 0.6) is 0 Å². The first-order chi connectivity index (χ1) is 8.88. The van der Waals surface area contributed by atoms with Crippen molar-refractivity contribution >= 4 is 15.9 Å². The van der Waals surface area contributed by atoms with Crippen LogP contribution in [0.1, 0.15) is 30.7 Å². The molecule has 4 N–H and O–H groups in total. The molecule has 0 saturated carbocycles. The van der Waals surface area contributed by atoms with Crippen molar-refractivity contribution in [3.8, 4) is 0 Å². The molecule has 0 aliphatic rings. The van der Waals surface area contributed by atoms with Gasteiger partial charge in [-0.15, -0.1) is 0 Å². The summed E-state index contributed by atoms with van der Waals surface area (Å²) in [5.41, 5.74) is 5.63. The van der Waals surface area contributed by atoms with Gasteiger partial charge in [0.1, 0.15) is 16.4 Å². The molecule has 1 aromatic heterocycles. The second-order valence-electron chi connectivity index (χ2n) is 4.10. The van der Waals surface area contributed by atoms with E-state index in [2.05, 4.69) is 15.0 Å². The van der Waals surface area contributed by atoms with Crippen LogP contribution in [0.15, 0.2) is 14.6 Å². The summed E-state index contributed by atoms with van der Waals surface area (Å²) in [5.74, 6) is 0.398. The molecule has 1 rings (SSSR count). The Bertz CT molecular complexity index is 530. The molecule has 1 aromatic rings. The lowest BCUT2D eigenvalue weighted by Gasteiger charge is -2.05. The Morgan fingerprint density at radius 1 is 1.47 bits per heavy atom. The van der Waals surface area contributed by atoms with Crippen molar-refractivity contribution in [2.24, 2.45) is 10.9 Å². The lowest BCUT2D eigenvalue weighted by Crippen LogP contribution is -2.26. The molecular weight excluding hydrogens is 272 g/mol. The number of amidine groups is 1. The minimum Gasteiger partial charge on any atom is -0.409 e. The highest BCUT2D eigenvalue weighted by molar-refractivity contribution is 7.89.